The van der Waals surface area contributed by atoms with E-state index >= 15 is 0 Å². The molecular weight excluding hydrogens is 264 g/mol. The molecule has 124 valence electrons. The maximum atomic E-state index is 11.8. The maximum absolute atomic E-state index is 11.8. The van der Waals surface area contributed by atoms with Crippen LogP contribution in [0.25, 0.3) is 0 Å². The van der Waals surface area contributed by atoms with Crippen molar-refractivity contribution in [3.05, 3.63) is 0 Å². The summed E-state index contributed by atoms with van der Waals surface area (Å²) in [7, 11) is 1.80. The van der Waals surface area contributed by atoms with E-state index in [1.807, 2.05) is 20.8 Å². The lowest BCUT2D eigenvalue weighted by Crippen LogP contribution is -2.39. The first-order chi connectivity index (χ1) is 9.59. The van der Waals surface area contributed by atoms with Crippen molar-refractivity contribution in [3.8, 4) is 0 Å². The number of carbonyl (C=O) groups excluding carboxylic acids is 1. The zero-order valence-corrected chi connectivity index (χ0v) is 14.8. The topological polar surface area (TPSA) is 41.6 Å². The van der Waals surface area contributed by atoms with E-state index in [9.17, 15) is 4.79 Å². The number of nitrogens with one attached hydrogen (secondary N) is 1. The standard InChI is InChI=1S/C17H34N2O2/c1-16(2,3)21-15(20)19(6)12-8-11-18-14-9-7-10-17(4,5)13-14/h14,18H,7-13H2,1-6H3. The van der Waals surface area contributed by atoms with Crippen molar-refractivity contribution in [3.63, 3.8) is 0 Å². The molecule has 1 rings (SSSR count). The molecule has 1 saturated carbocycles. The number of ether oxygens (including phenoxy) is 1. The zero-order chi connectivity index (χ0) is 16.1. The highest BCUT2D eigenvalue weighted by molar-refractivity contribution is 5.67. The molecule has 21 heavy (non-hydrogen) atoms. The molecule has 1 fully saturated rings. The Labute approximate surface area is 130 Å². The molecule has 1 aliphatic rings. The van der Waals surface area contributed by atoms with Crippen LogP contribution in [0.1, 0.15) is 66.7 Å². The lowest BCUT2D eigenvalue weighted by molar-refractivity contribution is 0.0297. The molecule has 1 atom stereocenters. The van der Waals surface area contributed by atoms with Crippen molar-refractivity contribution < 1.29 is 9.53 Å². The fourth-order valence-corrected chi connectivity index (χ4v) is 2.93. The quantitative estimate of drug-likeness (QED) is 0.785. The minimum atomic E-state index is -0.419. The Hall–Kier alpha value is -0.770. The summed E-state index contributed by atoms with van der Waals surface area (Å²) in [6.45, 7) is 12.1. The van der Waals surface area contributed by atoms with Gasteiger partial charge in [-0.3, -0.25) is 0 Å². The van der Waals surface area contributed by atoms with Gasteiger partial charge in [-0.05, 0) is 58.4 Å². The summed E-state index contributed by atoms with van der Waals surface area (Å²) in [5.41, 5.74) is 0.0560. The highest BCUT2D eigenvalue weighted by Gasteiger charge is 2.27. The summed E-state index contributed by atoms with van der Waals surface area (Å²) in [5.74, 6) is 0. The van der Waals surface area contributed by atoms with E-state index in [-0.39, 0.29) is 6.09 Å². The van der Waals surface area contributed by atoms with E-state index in [0.29, 0.717) is 11.5 Å². The van der Waals surface area contributed by atoms with Crippen LogP contribution in [0.3, 0.4) is 0 Å². The Morgan fingerprint density at radius 1 is 1.38 bits per heavy atom. The summed E-state index contributed by atoms with van der Waals surface area (Å²) < 4.78 is 5.34. The van der Waals surface area contributed by atoms with Gasteiger partial charge >= 0.3 is 6.09 Å². The first kappa shape index (κ1) is 18.3. The third-order valence-corrected chi connectivity index (χ3v) is 4.01. The van der Waals surface area contributed by atoms with Gasteiger partial charge in [-0.2, -0.15) is 0 Å². The number of rotatable bonds is 5. The summed E-state index contributed by atoms with van der Waals surface area (Å²) in [4.78, 5) is 13.5. The molecule has 0 aromatic heterocycles. The van der Waals surface area contributed by atoms with Gasteiger partial charge in [0.25, 0.3) is 0 Å². The zero-order valence-electron chi connectivity index (χ0n) is 14.8. The summed E-state index contributed by atoms with van der Waals surface area (Å²) in [5, 5.41) is 3.64. The molecule has 0 heterocycles. The molecule has 0 aromatic rings. The summed E-state index contributed by atoms with van der Waals surface area (Å²) >= 11 is 0. The molecule has 0 aromatic carbocycles. The second kappa shape index (κ2) is 7.48. The smallest absolute Gasteiger partial charge is 0.410 e. The van der Waals surface area contributed by atoms with Gasteiger partial charge in [0.05, 0.1) is 0 Å². The van der Waals surface area contributed by atoms with Gasteiger partial charge in [0.15, 0.2) is 0 Å². The molecule has 1 amide bonds. The molecule has 0 radical (unpaired) electrons. The second-order valence-electron chi connectivity index (χ2n) is 8.17. The van der Waals surface area contributed by atoms with Crippen LogP contribution >= 0.6 is 0 Å². The van der Waals surface area contributed by atoms with Crippen LogP contribution in [0, 0.1) is 5.41 Å². The lowest BCUT2D eigenvalue weighted by Gasteiger charge is -2.35. The van der Waals surface area contributed by atoms with Crippen molar-refractivity contribution in [2.45, 2.75) is 78.4 Å². The predicted octanol–water partition coefficient (Wildman–Crippen LogP) is 3.80. The third-order valence-electron chi connectivity index (χ3n) is 4.01. The highest BCUT2D eigenvalue weighted by Crippen LogP contribution is 2.34. The SMILES string of the molecule is CN(CCCNC1CCCC(C)(C)C1)C(=O)OC(C)(C)C. The van der Waals surface area contributed by atoms with Crippen molar-refractivity contribution in [2.75, 3.05) is 20.1 Å². The Morgan fingerprint density at radius 2 is 2.05 bits per heavy atom. The summed E-state index contributed by atoms with van der Waals surface area (Å²) in [6, 6.07) is 0.639. The van der Waals surface area contributed by atoms with Crippen LogP contribution < -0.4 is 5.32 Å². The van der Waals surface area contributed by atoms with Gasteiger partial charge in [-0.25, -0.2) is 4.79 Å². The highest BCUT2D eigenvalue weighted by atomic mass is 16.6. The van der Waals surface area contributed by atoms with Crippen molar-refractivity contribution in [1.82, 2.24) is 10.2 Å². The average molecular weight is 298 g/mol. The number of hydrogen-bond donors (Lipinski definition) is 1. The molecule has 1 aliphatic carbocycles. The second-order valence-corrected chi connectivity index (χ2v) is 8.17. The minimum absolute atomic E-state index is 0.235. The van der Waals surface area contributed by atoms with E-state index < -0.39 is 5.60 Å². The van der Waals surface area contributed by atoms with Crippen molar-refractivity contribution >= 4 is 6.09 Å². The Balaban J connectivity index is 2.17. The van der Waals surface area contributed by atoms with Gasteiger partial charge in [-0.15, -0.1) is 0 Å². The fourth-order valence-electron chi connectivity index (χ4n) is 2.93. The van der Waals surface area contributed by atoms with Gasteiger partial charge in [0.1, 0.15) is 5.60 Å². The molecule has 1 N–H and O–H groups in total. The fraction of sp³-hybridized carbons (Fsp3) is 0.941. The van der Waals surface area contributed by atoms with Gasteiger partial charge in [0.2, 0.25) is 0 Å². The van der Waals surface area contributed by atoms with Crippen LogP contribution in [-0.2, 0) is 4.74 Å². The van der Waals surface area contributed by atoms with Crippen LogP contribution in [0.4, 0.5) is 4.79 Å². The molecule has 1 unspecified atom stereocenters. The molecule has 0 aliphatic heterocycles. The number of hydrogen-bond acceptors (Lipinski definition) is 3. The van der Waals surface area contributed by atoms with E-state index in [4.69, 9.17) is 4.74 Å². The molecule has 4 heteroatoms. The van der Waals surface area contributed by atoms with Gasteiger partial charge in [-0.1, -0.05) is 20.3 Å². The van der Waals surface area contributed by atoms with Crippen molar-refractivity contribution in [2.24, 2.45) is 5.41 Å². The summed E-state index contributed by atoms with van der Waals surface area (Å²) in [6.07, 6.45) is 5.93. The van der Waals surface area contributed by atoms with Crippen LogP contribution in [0.2, 0.25) is 0 Å². The first-order valence-electron chi connectivity index (χ1n) is 8.27. The van der Waals surface area contributed by atoms with E-state index in [1.165, 1.54) is 25.7 Å². The van der Waals surface area contributed by atoms with E-state index in [1.54, 1.807) is 11.9 Å². The maximum Gasteiger partial charge on any atom is 0.410 e. The van der Waals surface area contributed by atoms with Crippen LogP contribution in [0.15, 0.2) is 0 Å². The molecule has 0 saturated heterocycles. The Morgan fingerprint density at radius 3 is 2.62 bits per heavy atom. The van der Waals surface area contributed by atoms with E-state index in [0.717, 1.165) is 19.5 Å². The van der Waals surface area contributed by atoms with Crippen LogP contribution in [-0.4, -0.2) is 42.8 Å². The number of carbonyl (C=O) groups is 1. The molecule has 0 bridgehead atoms. The Kier molecular flexibility index (Phi) is 6.51. The first-order valence-corrected chi connectivity index (χ1v) is 8.27. The van der Waals surface area contributed by atoms with Crippen molar-refractivity contribution in [1.29, 1.82) is 0 Å². The average Bonchev–Trinajstić information content (AvgIpc) is 2.31. The normalized spacial score (nSPS) is 21.9. The van der Waals surface area contributed by atoms with Gasteiger partial charge in [0, 0.05) is 19.6 Å². The lowest BCUT2D eigenvalue weighted by atomic mass is 9.75. The van der Waals surface area contributed by atoms with Gasteiger partial charge < -0.3 is 15.0 Å². The molecule has 0 spiro atoms. The molecule has 4 nitrogen and oxygen atoms in total. The van der Waals surface area contributed by atoms with E-state index in [2.05, 4.69) is 19.2 Å². The third kappa shape index (κ3) is 7.70. The predicted molar refractivity (Wildman–Crippen MR) is 87.5 cm³/mol. The molecular formula is C17H34N2O2. The number of nitrogens with zero attached hydrogens (tertiary/aromatic N) is 1. The monoisotopic (exact) mass is 298 g/mol. The van der Waals surface area contributed by atoms with Crippen LogP contribution in [0.5, 0.6) is 0 Å². The Bertz CT molecular complexity index is 334. The number of amides is 1. The largest absolute Gasteiger partial charge is 0.444 e. The minimum Gasteiger partial charge on any atom is -0.444 e.